The largest absolute Gasteiger partial charge is 0.271 e. The number of halogens is 1. The van der Waals surface area contributed by atoms with Crippen LogP contribution in [0.15, 0.2) is 34.3 Å². The number of nitro benzene ring substituents is 1. The summed E-state index contributed by atoms with van der Waals surface area (Å²) in [6, 6.07) is 8.35. The molecule has 0 spiro atoms. The molecule has 0 saturated carbocycles. The highest BCUT2D eigenvalue weighted by molar-refractivity contribution is 6.18. The van der Waals surface area contributed by atoms with Gasteiger partial charge in [-0.25, -0.2) is 4.99 Å². The molecule has 0 aliphatic carbocycles. The number of nitro groups is 1. The molecule has 0 unspecified atom stereocenters. The van der Waals surface area contributed by atoms with Crippen LogP contribution in [0.4, 0.5) is 11.4 Å². The number of aliphatic imine (C=N–C) groups is 2. The number of non-ortho nitro benzene ring substituents is 1. The van der Waals surface area contributed by atoms with Crippen LogP contribution < -0.4 is 0 Å². The van der Waals surface area contributed by atoms with E-state index in [0.29, 0.717) is 18.1 Å². The summed E-state index contributed by atoms with van der Waals surface area (Å²) < 4.78 is 0. The molecule has 0 aliphatic rings. The second-order valence-corrected chi connectivity index (χ2v) is 2.94. The van der Waals surface area contributed by atoms with Gasteiger partial charge in [-0.2, -0.15) is 4.99 Å². The molecule has 0 heterocycles. The van der Waals surface area contributed by atoms with Crippen LogP contribution >= 0.6 is 11.6 Å². The van der Waals surface area contributed by atoms with Gasteiger partial charge in [0.25, 0.3) is 5.69 Å². The van der Waals surface area contributed by atoms with E-state index in [1.165, 1.54) is 12.1 Å². The summed E-state index contributed by atoms with van der Waals surface area (Å²) in [6.45, 7) is 0.431. The number of benzene rings is 1. The molecule has 0 amide bonds. The molecule has 0 bridgehead atoms. The Bertz CT molecular complexity index is 414. The van der Waals surface area contributed by atoms with Gasteiger partial charge in [0.05, 0.1) is 23.2 Å². The van der Waals surface area contributed by atoms with Crippen molar-refractivity contribution in [1.29, 1.82) is 0 Å². The van der Waals surface area contributed by atoms with Crippen LogP contribution in [-0.2, 0) is 0 Å². The molecule has 0 saturated heterocycles. The normalized spacial score (nSPS) is 9.13. The molecule has 1 rings (SSSR count). The molecule has 5 nitrogen and oxygen atoms in total. The number of rotatable bonds is 4. The molecule has 1 aromatic carbocycles. The minimum absolute atomic E-state index is 0.00427. The zero-order chi connectivity index (χ0) is 11.1. The molecule has 0 aromatic heterocycles. The van der Waals surface area contributed by atoms with Crippen LogP contribution in [0.3, 0.4) is 0 Å². The molecular weight excluding hydrogens is 218 g/mol. The lowest BCUT2D eigenvalue weighted by Gasteiger charge is -1.91. The smallest absolute Gasteiger partial charge is 0.258 e. The number of hydrogen-bond acceptors (Lipinski definition) is 4. The second-order valence-electron chi connectivity index (χ2n) is 2.56. The molecule has 6 heteroatoms. The van der Waals surface area contributed by atoms with Crippen molar-refractivity contribution >= 4 is 29.0 Å². The van der Waals surface area contributed by atoms with Crippen molar-refractivity contribution in [2.75, 3.05) is 12.4 Å². The molecule has 0 atom stereocenters. The standard InChI is InChI=1S/C9H8ClN3O2/c10-4-5-11-7-12-8-2-1-3-9(6-8)13(14)15/h1-3,6H,4-5H2. The predicted octanol–water partition coefficient (Wildman–Crippen LogP) is 2.64. The summed E-state index contributed by atoms with van der Waals surface area (Å²) in [5.74, 6) is 0.400. The second kappa shape index (κ2) is 5.90. The zero-order valence-corrected chi connectivity index (χ0v) is 8.52. The quantitative estimate of drug-likeness (QED) is 0.342. The Morgan fingerprint density at radius 2 is 2.33 bits per heavy atom. The third-order valence-corrected chi connectivity index (χ3v) is 1.66. The first kappa shape index (κ1) is 11.4. The molecule has 0 N–H and O–H groups in total. The van der Waals surface area contributed by atoms with Gasteiger partial charge in [0, 0.05) is 18.0 Å². The van der Waals surface area contributed by atoms with E-state index >= 15 is 0 Å². The number of hydrogen-bond donors (Lipinski definition) is 0. The Kier molecular flexibility index (Phi) is 4.47. The molecule has 1 aromatic rings. The Labute approximate surface area is 91.3 Å². The van der Waals surface area contributed by atoms with E-state index in [2.05, 4.69) is 16.0 Å². The van der Waals surface area contributed by atoms with Crippen molar-refractivity contribution in [3.63, 3.8) is 0 Å². The van der Waals surface area contributed by atoms with Gasteiger partial charge in [-0.3, -0.25) is 10.1 Å². The monoisotopic (exact) mass is 225 g/mol. The van der Waals surface area contributed by atoms with Gasteiger partial charge < -0.3 is 0 Å². The third kappa shape index (κ3) is 3.89. The topological polar surface area (TPSA) is 67.9 Å². The van der Waals surface area contributed by atoms with Gasteiger partial charge in [0.15, 0.2) is 0 Å². The molecule has 0 fully saturated rings. The number of alkyl halides is 1. The van der Waals surface area contributed by atoms with Gasteiger partial charge >= 0.3 is 0 Å². The average molecular weight is 226 g/mol. The third-order valence-electron chi connectivity index (χ3n) is 1.49. The van der Waals surface area contributed by atoms with Crippen molar-refractivity contribution in [2.24, 2.45) is 9.98 Å². The fourth-order valence-corrected chi connectivity index (χ4v) is 0.946. The lowest BCUT2D eigenvalue weighted by Crippen LogP contribution is -1.85. The number of nitrogens with zero attached hydrogens (tertiary/aromatic N) is 3. The highest BCUT2D eigenvalue weighted by Crippen LogP contribution is 2.18. The SMILES string of the molecule is O=[N+]([O-])c1cccc(N=C=NCCCl)c1. The Hall–Kier alpha value is -1.71. The summed E-state index contributed by atoms with van der Waals surface area (Å²) in [4.78, 5) is 17.5. The van der Waals surface area contributed by atoms with E-state index in [-0.39, 0.29) is 5.69 Å². The van der Waals surface area contributed by atoms with Crippen LogP contribution in [0.1, 0.15) is 0 Å². The van der Waals surface area contributed by atoms with Crippen molar-refractivity contribution < 1.29 is 4.92 Å². The predicted molar refractivity (Wildman–Crippen MR) is 58.2 cm³/mol. The first-order valence-electron chi connectivity index (χ1n) is 4.16. The van der Waals surface area contributed by atoms with E-state index in [0.717, 1.165) is 0 Å². The summed E-state index contributed by atoms with van der Waals surface area (Å²) >= 11 is 5.39. The van der Waals surface area contributed by atoms with Crippen LogP contribution in [0, 0.1) is 10.1 Å². The van der Waals surface area contributed by atoms with Gasteiger partial charge in [0.2, 0.25) is 0 Å². The van der Waals surface area contributed by atoms with Crippen molar-refractivity contribution in [1.82, 2.24) is 0 Å². The summed E-state index contributed by atoms with van der Waals surface area (Å²) in [7, 11) is 0. The van der Waals surface area contributed by atoms with E-state index in [1.54, 1.807) is 12.1 Å². The van der Waals surface area contributed by atoms with Crippen molar-refractivity contribution in [3.8, 4) is 0 Å². The van der Waals surface area contributed by atoms with E-state index in [9.17, 15) is 10.1 Å². The maximum Gasteiger partial charge on any atom is 0.271 e. The van der Waals surface area contributed by atoms with E-state index in [4.69, 9.17) is 11.6 Å². The lowest BCUT2D eigenvalue weighted by atomic mass is 10.3. The average Bonchev–Trinajstić information content (AvgIpc) is 2.25. The molecule has 0 aliphatic heterocycles. The highest BCUT2D eigenvalue weighted by atomic mass is 35.5. The van der Waals surface area contributed by atoms with Crippen LogP contribution in [0.5, 0.6) is 0 Å². The van der Waals surface area contributed by atoms with Crippen LogP contribution in [0.2, 0.25) is 0 Å². The van der Waals surface area contributed by atoms with Crippen LogP contribution in [0.25, 0.3) is 0 Å². The summed E-state index contributed by atoms with van der Waals surface area (Å²) in [6.07, 6.45) is 0. The van der Waals surface area contributed by atoms with Gasteiger partial charge in [-0.05, 0) is 6.07 Å². The molecule has 15 heavy (non-hydrogen) atoms. The maximum atomic E-state index is 10.4. The molecule has 78 valence electrons. The first-order valence-corrected chi connectivity index (χ1v) is 4.70. The fourth-order valence-electron chi connectivity index (χ4n) is 0.861. The van der Waals surface area contributed by atoms with E-state index in [1.807, 2.05) is 0 Å². The highest BCUT2D eigenvalue weighted by Gasteiger charge is 2.03. The van der Waals surface area contributed by atoms with Crippen LogP contribution in [-0.4, -0.2) is 23.4 Å². The van der Waals surface area contributed by atoms with Gasteiger partial charge in [0.1, 0.15) is 0 Å². The lowest BCUT2D eigenvalue weighted by molar-refractivity contribution is -0.384. The Balaban J connectivity index is 2.82. The van der Waals surface area contributed by atoms with Crippen molar-refractivity contribution in [2.45, 2.75) is 0 Å². The minimum atomic E-state index is -0.477. The van der Waals surface area contributed by atoms with Gasteiger partial charge in [-0.15, -0.1) is 11.6 Å². The Morgan fingerprint density at radius 1 is 1.53 bits per heavy atom. The van der Waals surface area contributed by atoms with E-state index < -0.39 is 4.92 Å². The maximum absolute atomic E-state index is 10.4. The Morgan fingerprint density at radius 3 is 3.00 bits per heavy atom. The molecular formula is C9H8ClN3O2. The molecule has 0 radical (unpaired) electrons. The summed E-state index contributed by atoms with van der Waals surface area (Å²) in [5, 5.41) is 10.4. The minimum Gasteiger partial charge on any atom is -0.258 e. The fraction of sp³-hybridized carbons (Fsp3) is 0.222. The first-order chi connectivity index (χ1) is 7.24. The van der Waals surface area contributed by atoms with Gasteiger partial charge in [-0.1, -0.05) is 6.07 Å². The zero-order valence-electron chi connectivity index (χ0n) is 7.76. The van der Waals surface area contributed by atoms with Crippen molar-refractivity contribution in [3.05, 3.63) is 34.4 Å². The summed E-state index contributed by atoms with van der Waals surface area (Å²) in [5.41, 5.74) is 0.443.